The predicted octanol–water partition coefficient (Wildman–Crippen LogP) is 1.90. The monoisotopic (exact) mass is 498 g/mol. The number of sulfone groups is 1. The molecule has 1 aromatic rings. The molecule has 2 aliphatic heterocycles. The highest BCUT2D eigenvalue weighted by atomic mass is 127. The number of piperazine rings is 1. The van der Waals surface area contributed by atoms with Gasteiger partial charge >= 0.3 is 0 Å². The van der Waals surface area contributed by atoms with E-state index in [1.807, 2.05) is 0 Å². The molecule has 6 nitrogen and oxygen atoms in total. The van der Waals surface area contributed by atoms with Gasteiger partial charge in [0.05, 0.1) is 29.2 Å². The van der Waals surface area contributed by atoms with Crippen molar-refractivity contribution in [1.82, 2.24) is 9.80 Å². The number of carbonyl (C=O) groups excluding carboxylic acids is 1. The fourth-order valence-corrected chi connectivity index (χ4v) is 5.75. The molecule has 2 fully saturated rings. The molecular weight excluding hydrogens is 479 g/mol. The summed E-state index contributed by atoms with van der Waals surface area (Å²) in [7, 11) is -1.35. The second kappa shape index (κ2) is 7.58. The van der Waals surface area contributed by atoms with Crippen molar-refractivity contribution in [2.24, 2.45) is 0 Å². The molecule has 1 aromatic carbocycles. The molecule has 2 aliphatic rings. The standard InChI is InChI=1S/C16H20ClIN2O4S/c1-24-15-9-14(18)13(17)8-12(15)16(21)20-5-3-19(4-6-20)11-2-7-25(22,23)10-11/h8-9,11H,2-7,10H2,1H3. The molecule has 1 atom stereocenters. The van der Waals surface area contributed by atoms with Crippen LogP contribution in [0.2, 0.25) is 5.02 Å². The van der Waals surface area contributed by atoms with Gasteiger partial charge in [0, 0.05) is 35.8 Å². The van der Waals surface area contributed by atoms with Crippen LogP contribution in [0.3, 0.4) is 0 Å². The molecule has 1 amide bonds. The highest BCUT2D eigenvalue weighted by Crippen LogP contribution is 2.29. The van der Waals surface area contributed by atoms with E-state index in [0.717, 1.165) is 3.57 Å². The van der Waals surface area contributed by atoms with Gasteiger partial charge in [0.15, 0.2) is 9.84 Å². The molecule has 0 aliphatic carbocycles. The Hall–Kier alpha value is -0.580. The van der Waals surface area contributed by atoms with Crippen molar-refractivity contribution in [3.05, 3.63) is 26.3 Å². The Kier molecular flexibility index (Phi) is 5.81. The predicted molar refractivity (Wildman–Crippen MR) is 105 cm³/mol. The number of methoxy groups -OCH3 is 1. The third kappa shape index (κ3) is 4.23. The van der Waals surface area contributed by atoms with Gasteiger partial charge in [-0.05, 0) is 41.1 Å². The summed E-state index contributed by atoms with van der Waals surface area (Å²) in [5.41, 5.74) is 0.463. The van der Waals surface area contributed by atoms with Crippen LogP contribution < -0.4 is 4.74 Å². The first kappa shape index (κ1) is 19.2. The second-order valence-electron chi connectivity index (χ2n) is 6.35. The first-order chi connectivity index (χ1) is 11.8. The van der Waals surface area contributed by atoms with Gasteiger partial charge in [-0.25, -0.2) is 8.42 Å². The quantitative estimate of drug-likeness (QED) is 0.596. The molecule has 0 aromatic heterocycles. The number of hydrogen-bond donors (Lipinski definition) is 0. The summed E-state index contributed by atoms with van der Waals surface area (Å²) in [5.74, 6) is 0.924. The molecule has 0 spiro atoms. The van der Waals surface area contributed by atoms with E-state index < -0.39 is 9.84 Å². The number of rotatable bonds is 3. The van der Waals surface area contributed by atoms with Crippen molar-refractivity contribution < 1.29 is 17.9 Å². The van der Waals surface area contributed by atoms with Crippen molar-refractivity contribution in [1.29, 1.82) is 0 Å². The summed E-state index contributed by atoms with van der Waals surface area (Å²) in [6.07, 6.45) is 0.691. The summed E-state index contributed by atoms with van der Waals surface area (Å²) in [5, 5.41) is 0.527. The highest BCUT2D eigenvalue weighted by molar-refractivity contribution is 14.1. The summed E-state index contributed by atoms with van der Waals surface area (Å²) < 4.78 is 29.5. The van der Waals surface area contributed by atoms with Crippen LogP contribution in [0.5, 0.6) is 5.75 Å². The Bertz CT molecular complexity index is 779. The van der Waals surface area contributed by atoms with Crippen LogP contribution in [0.1, 0.15) is 16.8 Å². The third-order valence-electron chi connectivity index (χ3n) is 4.80. The van der Waals surface area contributed by atoms with E-state index in [4.69, 9.17) is 16.3 Å². The number of carbonyl (C=O) groups is 1. The summed E-state index contributed by atoms with van der Waals surface area (Å²) in [4.78, 5) is 16.8. The van der Waals surface area contributed by atoms with Gasteiger partial charge < -0.3 is 9.64 Å². The lowest BCUT2D eigenvalue weighted by molar-refractivity contribution is 0.0585. The van der Waals surface area contributed by atoms with Crippen molar-refractivity contribution in [3.63, 3.8) is 0 Å². The van der Waals surface area contributed by atoms with E-state index in [1.165, 1.54) is 7.11 Å². The Morgan fingerprint density at radius 3 is 2.52 bits per heavy atom. The normalized spacial score (nSPS) is 23.6. The molecule has 3 rings (SSSR count). The Balaban J connectivity index is 1.67. The maximum absolute atomic E-state index is 12.8. The lowest BCUT2D eigenvalue weighted by atomic mass is 10.1. The SMILES string of the molecule is COc1cc(I)c(Cl)cc1C(=O)N1CCN(C2CCS(=O)(=O)C2)CC1. The minimum Gasteiger partial charge on any atom is -0.496 e. The first-order valence-electron chi connectivity index (χ1n) is 8.07. The zero-order valence-electron chi connectivity index (χ0n) is 13.9. The topological polar surface area (TPSA) is 66.9 Å². The van der Waals surface area contributed by atoms with Crippen LogP contribution in [-0.2, 0) is 9.84 Å². The van der Waals surface area contributed by atoms with Gasteiger partial charge in [-0.15, -0.1) is 0 Å². The number of amides is 1. The minimum absolute atomic E-state index is 0.0875. The van der Waals surface area contributed by atoms with Crippen molar-refractivity contribution in [3.8, 4) is 5.75 Å². The molecule has 0 radical (unpaired) electrons. The molecule has 138 valence electrons. The van der Waals surface area contributed by atoms with Gasteiger partial charge in [0.1, 0.15) is 5.75 Å². The largest absolute Gasteiger partial charge is 0.496 e. The number of benzene rings is 1. The van der Waals surface area contributed by atoms with Crippen molar-refractivity contribution in [2.75, 3.05) is 44.8 Å². The Morgan fingerprint density at radius 2 is 1.96 bits per heavy atom. The Morgan fingerprint density at radius 1 is 1.28 bits per heavy atom. The van der Waals surface area contributed by atoms with Crippen LogP contribution >= 0.6 is 34.2 Å². The third-order valence-corrected chi connectivity index (χ3v) is 8.07. The molecule has 25 heavy (non-hydrogen) atoms. The molecule has 1 unspecified atom stereocenters. The van der Waals surface area contributed by atoms with Crippen LogP contribution in [-0.4, -0.2) is 75.0 Å². The molecular formula is C16H20ClIN2O4S. The smallest absolute Gasteiger partial charge is 0.257 e. The maximum atomic E-state index is 12.8. The summed E-state index contributed by atoms with van der Waals surface area (Å²) >= 11 is 8.27. The average molecular weight is 499 g/mol. The van der Waals surface area contributed by atoms with E-state index in [9.17, 15) is 13.2 Å². The van der Waals surface area contributed by atoms with E-state index in [-0.39, 0.29) is 23.5 Å². The van der Waals surface area contributed by atoms with Gasteiger partial charge in [-0.3, -0.25) is 9.69 Å². The summed E-state index contributed by atoms with van der Waals surface area (Å²) in [6.45, 7) is 2.52. The zero-order chi connectivity index (χ0) is 18.2. The van der Waals surface area contributed by atoms with Crippen LogP contribution in [0.4, 0.5) is 0 Å². The van der Waals surface area contributed by atoms with Crippen molar-refractivity contribution in [2.45, 2.75) is 12.5 Å². The van der Waals surface area contributed by atoms with Crippen LogP contribution in [0, 0.1) is 3.57 Å². The molecule has 0 N–H and O–H groups in total. The van der Waals surface area contributed by atoms with Gasteiger partial charge in [-0.1, -0.05) is 11.6 Å². The van der Waals surface area contributed by atoms with E-state index in [2.05, 4.69) is 27.5 Å². The molecule has 2 heterocycles. The van der Waals surface area contributed by atoms with E-state index in [0.29, 0.717) is 48.9 Å². The van der Waals surface area contributed by atoms with Gasteiger partial charge in [0.25, 0.3) is 5.91 Å². The second-order valence-corrected chi connectivity index (χ2v) is 10.1. The Labute approximate surface area is 166 Å². The molecule has 9 heteroatoms. The molecule has 2 saturated heterocycles. The van der Waals surface area contributed by atoms with E-state index >= 15 is 0 Å². The number of ether oxygens (including phenoxy) is 1. The number of halogens is 2. The molecule has 0 saturated carbocycles. The van der Waals surface area contributed by atoms with Crippen molar-refractivity contribution >= 4 is 49.9 Å². The first-order valence-corrected chi connectivity index (χ1v) is 11.4. The molecule has 0 bridgehead atoms. The minimum atomic E-state index is -2.89. The van der Waals surface area contributed by atoms with Crippen LogP contribution in [0.15, 0.2) is 12.1 Å². The van der Waals surface area contributed by atoms with Gasteiger partial charge in [-0.2, -0.15) is 0 Å². The lowest BCUT2D eigenvalue weighted by Crippen LogP contribution is -2.52. The maximum Gasteiger partial charge on any atom is 0.257 e. The number of nitrogens with zero attached hydrogens (tertiary/aromatic N) is 2. The fourth-order valence-electron chi connectivity index (χ4n) is 3.39. The van der Waals surface area contributed by atoms with Crippen LogP contribution in [0.25, 0.3) is 0 Å². The summed E-state index contributed by atoms with van der Waals surface area (Å²) in [6, 6.07) is 3.50. The number of hydrogen-bond acceptors (Lipinski definition) is 5. The van der Waals surface area contributed by atoms with E-state index in [1.54, 1.807) is 17.0 Å². The zero-order valence-corrected chi connectivity index (χ0v) is 17.6. The van der Waals surface area contributed by atoms with Gasteiger partial charge in [0.2, 0.25) is 0 Å². The fraction of sp³-hybridized carbons (Fsp3) is 0.562. The lowest BCUT2D eigenvalue weighted by Gasteiger charge is -2.37. The average Bonchev–Trinajstić information content (AvgIpc) is 2.96. The highest BCUT2D eigenvalue weighted by Gasteiger charge is 2.34.